The van der Waals surface area contributed by atoms with Crippen molar-refractivity contribution in [3.05, 3.63) is 65.7 Å². The topological polar surface area (TPSA) is 29.5 Å². The van der Waals surface area contributed by atoms with E-state index in [1.54, 1.807) is 38.5 Å². The van der Waals surface area contributed by atoms with E-state index in [-0.39, 0.29) is 0 Å². The van der Waals surface area contributed by atoms with Gasteiger partial charge in [0.15, 0.2) is 0 Å². The summed E-state index contributed by atoms with van der Waals surface area (Å²) in [6.07, 6.45) is 0. The third-order valence-corrected chi connectivity index (χ3v) is 1.97. The highest BCUT2D eigenvalue weighted by atomic mass is 16.4. The Bertz CT molecular complexity index is 372. The number of rotatable bonds is 0. The predicted molar refractivity (Wildman–Crippen MR) is 77.0 cm³/mol. The van der Waals surface area contributed by atoms with Crippen LogP contribution in [0, 0.1) is 13.8 Å². The van der Waals surface area contributed by atoms with Crippen LogP contribution in [0.2, 0.25) is 0 Å². The largest absolute Gasteiger partial charge is 0.508 e. The highest BCUT2D eigenvalue weighted by Crippen LogP contribution is 2.02. The Morgan fingerprint density at radius 3 is 1.28 bits per heavy atom. The Morgan fingerprint density at radius 2 is 1.06 bits per heavy atom. The van der Waals surface area contributed by atoms with Gasteiger partial charge >= 0.3 is 0 Å². The van der Waals surface area contributed by atoms with Gasteiger partial charge in [0.05, 0.1) is 0 Å². The molecule has 0 unspecified atom stereocenters. The summed E-state index contributed by atoms with van der Waals surface area (Å²) < 4.78 is 4.25. The standard InChI is InChI=1S/C8H10.C6H6O.C2H6O/c1-7-3-5-8(2)6-4-7;7-6-4-2-1-3-5-6;1-3-2/h3-6H,1-2H3;1-5,7H;1-2H3. The van der Waals surface area contributed by atoms with E-state index in [1.807, 2.05) is 6.07 Å². The average molecular weight is 246 g/mol. The van der Waals surface area contributed by atoms with Crippen LogP contribution in [0.3, 0.4) is 0 Å². The number of ether oxygens (including phenoxy) is 1. The number of hydrogen-bond acceptors (Lipinski definition) is 2. The monoisotopic (exact) mass is 246 g/mol. The van der Waals surface area contributed by atoms with Gasteiger partial charge in [-0.2, -0.15) is 0 Å². The fourth-order valence-corrected chi connectivity index (χ4v) is 1.06. The molecule has 0 aliphatic heterocycles. The zero-order valence-electron chi connectivity index (χ0n) is 11.6. The summed E-state index contributed by atoms with van der Waals surface area (Å²) in [7, 11) is 3.25. The second kappa shape index (κ2) is 10.4. The van der Waals surface area contributed by atoms with Gasteiger partial charge < -0.3 is 9.84 Å². The Labute approximate surface area is 110 Å². The maximum atomic E-state index is 8.63. The van der Waals surface area contributed by atoms with Gasteiger partial charge in [0.1, 0.15) is 5.75 Å². The van der Waals surface area contributed by atoms with Crippen LogP contribution in [0.1, 0.15) is 11.1 Å². The summed E-state index contributed by atoms with van der Waals surface area (Å²) in [5, 5.41) is 8.63. The molecule has 2 aromatic rings. The summed E-state index contributed by atoms with van der Waals surface area (Å²) in [4.78, 5) is 0. The smallest absolute Gasteiger partial charge is 0.115 e. The van der Waals surface area contributed by atoms with Crippen molar-refractivity contribution < 1.29 is 9.84 Å². The molecular formula is C16H22O2. The molecule has 0 amide bonds. The van der Waals surface area contributed by atoms with Gasteiger partial charge in [-0.05, 0) is 26.0 Å². The van der Waals surface area contributed by atoms with E-state index >= 15 is 0 Å². The molecule has 0 fully saturated rings. The van der Waals surface area contributed by atoms with Crippen molar-refractivity contribution in [3.8, 4) is 5.75 Å². The molecule has 0 aromatic heterocycles. The number of aromatic hydroxyl groups is 1. The van der Waals surface area contributed by atoms with Gasteiger partial charge in [-0.1, -0.05) is 53.6 Å². The molecule has 2 nitrogen and oxygen atoms in total. The Morgan fingerprint density at radius 1 is 0.722 bits per heavy atom. The molecule has 0 aliphatic rings. The van der Waals surface area contributed by atoms with Crippen molar-refractivity contribution in [1.29, 1.82) is 0 Å². The Balaban J connectivity index is 0.000000267. The van der Waals surface area contributed by atoms with Gasteiger partial charge in [0.25, 0.3) is 0 Å². The lowest BCUT2D eigenvalue weighted by atomic mass is 10.2. The summed E-state index contributed by atoms with van der Waals surface area (Å²) >= 11 is 0. The van der Waals surface area contributed by atoms with E-state index in [4.69, 9.17) is 5.11 Å². The molecule has 2 rings (SSSR count). The molecule has 0 saturated carbocycles. The molecule has 0 atom stereocenters. The highest BCUT2D eigenvalue weighted by Gasteiger charge is 1.79. The van der Waals surface area contributed by atoms with E-state index in [1.165, 1.54) is 11.1 Å². The van der Waals surface area contributed by atoms with Crippen molar-refractivity contribution >= 4 is 0 Å². The van der Waals surface area contributed by atoms with Crippen LogP contribution < -0.4 is 0 Å². The fraction of sp³-hybridized carbons (Fsp3) is 0.250. The maximum Gasteiger partial charge on any atom is 0.115 e. The molecule has 0 radical (unpaired) electrons. The maximum absolute atomic E-state index is 8.63. The van der Waals surface area contributed by atoms with Crippen molar-refractivity contribution in [1.82, 2.24) is 0 Å². The molecule has 0 bridgehead atoms. The van der Waals surface area contributed by atoms with Crippen molar-refractivity contribution in [2.75, 3.05) is 14.2 Å². The minimum Gasteiger partial charge on any atom is -0.508 e. The number of para-hydroxylation sites is 1. The van der Waals surface area contributed by atoms with Gasteiger partial charge in [0, 0.05) is 14.2 Å². The highest BCUT2D eigenvalue weighted by molar-refractivity contribution is 5.19. The summed E-state index contributed by atoms with van der Waals surface area (Å²) in [6, 6.07) is 17.2. The van der Waals surface area contributed by atoms with Crippen LogP contribution >= 0.6 is 0 Å². The molecule has 0 aliphatic carbocycles. The molecule has 18 heavy (non-hydrogen) atoms. The first-order valence-corrected chi connectivity index (χ1v) is 5.77. The molecule has 98 valence electrons. The molecule has 2 aromatic carbocycles. The SMILES string of the molecule is COC.Cc1ccc(C)cc1.Oc1ccccc1. The molecule has 0 heterocycles. The van der Waals surface area contributed by atoms with Crippen LogP contribution in [0.25, 0.3) is 0 Å². The number of benzene rings is 2. The number of hydrogen-bond donors (Lipinski definition) is 1. The first-order valence-electron chi connectivity index (χ1n) is 5.77. The molecule has 2 heteroatoms. The minimum absolute atomic E-state index is 0.322. The lowest BCUT2D eigenvalue weighted by Crippen LogP contribution is -1.70. The summed E-state index contributed by atoms with van der Waals surface area (Å²) in [5.74, 6) is 0.322. The fourth-order valence-electron chi connectivity index (χ4n) is 1.06. The number of aryl methyl sites for hydroxylation is 2. The van der Waals surface area contributed by atoms with E-state index < -0.39 is 0 Å². The summed E-state index contributed by atoms with van der Waals surface area (Å²) in [6.45, 7) is 4.19. The van der Waals surface area contributed by atoms with E-state index in [0.29, 0.717) is 5.75 Å². The average Bonchev–Trinajstić information content (AvgIpc) is 2.36. The minimum atomic E-state index is 0.322. The lowest BCUT2D eigenvalue weighted by molar-refractivity contribution is 0.277. The Kier molecular flexibility index (Phi) is 9.32. The third kappa shape index (κ3) is 9.43. The van der Waals surface area contributed by atoms with Gasteiger partial charge in [-0.3, -0.25) is 0 Å². The molecular weight excluding hydrogens is 224 g/mol. The summed E-state index contributed by atoms with van der Waals surface area (Å²) in [5.41, 5.74) is 2.66. The lowest BCUT2D eigenvalue weighted by Gasteiger charge is -1.90. The first-order chi connectivity index (χ1) is 8.60. The zero-order chi connectivity index (χ0) is 13.8. The van der Waals surface area contributed by atoms with Gasteiger partial charge in [-0.25, -0.2) is 0 Å². The van der Waals surface area contributed by atoms with E-state index in [0.717, 1.165) is 0 Å². The van der Waals surface area contributed by atoms with Crippen LogP contribution in [-0.4, -0.2) is 19.3 Å². The van der Waals surface area contributed by atoms with Crippen molar-refractivity contribution in [2.45, 2.75) is 13.8 Å². The van der Waals surface area contributed by atoms with E-state index in [2.05, 4.69) is 42.8 Å². The van der Waals surface area contributed by atoms with Gasteiger partial charge in [-0.15, -0.1) is 0 Å². The number of phenols is 1. The first kappa shape index (κ1) is 16.2. The van der Waals surface area contributed by atoms with Crippen LogP contribution in [0.4, 0.5) is 0 Å². The molecule has 0 saturated heterocycles. The third-order valence-electron chi connectivity index (χ3n) is 1.97. The van der Waals surface area contributed by atoms with Crippen LogP contribution in [0.5, 0.6) is 5.75 Å². The zero-order valence-corrected chi connectivity index (χ0v) is 11.6. The van der Waals surface area contributed by atoms with Crippen molar-refractivity contribution in [2.24, 2.45) is 0 Å². The quantitative estimate of drug-likeness (QED) is 0.762. The molecule has 0 spiro atoms. The van der Waals surface area contributed by atoms with E-state index in [9.17, 15) is 0 Å². The molecule has 1 N–H and O–H groups in total. The predicted octanol–water partition coefficient (Wildman–Crippen LogP) is 3.96. The van der Waals surface area contributed by atoms with Crippen molar-refractivity contribution in [3.63, 3.8) is 0 Å². The Hall–Kier alpha value is -1.80. The van der Waals surface area contributed by atoms with Gasteiger partial charge in [0.2, 0.25) is 0 Å². The second-order valence-corrected chi connectivity index (χ2v) is 3.90. The normalized spacial score (nSPS) is 8.44. The number of methoxy groups -OCH3 is 1. The second-order valence-electron chi connectivity index (χ2n) is 3.90. The van der Waals surface area contributed by atoms with Crippen LogP contribution in [-0.2, 0) is 4.74 Å². The number of phenolic OH excluding ortho intramolecular Hbond substituents is 1. The van der Waals surface area contributed by atoms with Crippen LogP contribution in [0.15, 0.2) is 54.6 Å².